The minimum atomic E-state index is -0.314. The number of benzene rings is 1. The fourth-order valence-electron chi connectivity index (χ4n) is 1.17. The van der Waals surface area contributed by atoms with Gasteiger partial charge in [0.15, 0.2) is 0 Å². The minimum Gasteiger partial charge on any atom is -0.497 e. The summed E-state index contributed by atoms with van der Waals surface area (Å²) in [4.78, 5) is 11.1. The maximum absolute atomic E-state index is 11.1. The van der Waals surface area contributed by atoms with Crippen LogP contribution < -0.4 is 4.74 Å². The molecule has 3 heteroatoms. The number of rotatable bonds is 3. The molecule has 0 heterocycles. The van der Waals surface area contributed by atoms with E-state index in [1.165, 1.54) is 7.11 Å². The first-order valence-electron chi connectivity index (χ1n) is 4.58. The molecule has 1 aromatic rings. The second-order valence-electron chi connectivity index (χ2n) is 3.09. The average molecular weight is 206 g/mol. The summed E-state index contributed by atoms with van der Waals surface area (Å²) in [7, 11) is 2.98. The Morgan fingerprint density at radius 1 is 1.20 bits per heavy atom. The molecule has 0 atom stereocenters. The van der Waals surface area contributed by atoms with Gasteiger partial charge in [-0.1, -0.05) is 12.1 Å². The van der Waals surface area contributed by atoms with Crippen molar-refractivity contribution in [2.45, 2.75) is 6.92 Å². The molecule has 0 aromatic heterocycles. The largest absolute Gasteiger partial charge is 0.497 e. The van der Waals surface area contributed by atoms with E-state index in [4.69, 9.17) is 4.74 Å². The van der Waals surface area contributed by atoms with Crippen LogP contribution in [-0.2, 0) is 9.53 Å². The molecule has 0 amide bonds. The van der Waals surface area contributed by atoms with Crippen LogP contribution in [0.2, 0.25) is 0 Å². The summed E-state index contributed by atoms with van der Waals surface area (Å²) in [5.41, 5.74) is 1.52. The van der Waals surface area contributed by atoms with Gasteiger partial charge in [-0.3, -0.25) is 0 Å². The Morgan fingerprint density at radius 3 is 2.27 bits per heavy atom. The lowest BCUT2D eigenvalue weighted by molar-refractivity contribution is -0.135. The van der Waals surface area contributed by atoms with E-state index in [-0.39, 0.29) is 5.97 Å². The highest BCUT2D eigenvalue weighted by Crippen LogP contribution is 2.14. The molecule has 0 bridgehead atoms. The molecule has 0 aliphatic rings. The molecule has 0 saturated carbocycles. The highest BCUT2D eigenvalue weighted by Gasteiger charge is 2.02. The molecular weight excluding hydrogens is 192 g/mol. The van der Waals surface area contributed by atoms with Crippen molar-refractivity contribution in [2.75, 3.05) is 14.2 Å². The van der Waals surface area contributed by atoms with Gasteiger partial charge >= 0.3 is 5.97 Å². The molecule has 1 aromatic carbocycles. The minimum absolute atomic E-state index is 0.314. The monoisotopic (exact) mass is 206 g/mol. The molecular formula is C12H14O3. The second kappa shape index (κ2) is 5.20. The van der Waals surface area contributed by atoms with Gasteiger partial charge in [0.1, 0.15) is 5.75 Å². The Balaban J connectivity index is 2.84. The van der Waals surface area contributed by atoms with Gasteiger partial charge in [-0.25, -0.2) is 4.79 Å². The molecule has 0 N–H and O–H groups in total. The quantitative estimate of drug-likeness (QED) is 0.562. The number of carbonyl (C=O) groups excluding carboxylic acids is 1. The topological polar surface area (TPSA) is 35.5 Å². The summed E-state index contributed by atoms with van der Waals surface area (Å²) in [5, 5.41) is 0. The Hall–Kier alpha value is -1.77. The van der Waals surface area contributed by atoms with Crippen molar-refractivity contribution < 1.29 is 14.3 Å². The van der Waals surface area contributed by atoms with E-state index in [0.717, 1.165) is 11.3 Å². The lowest BCUT2D eigenvalue weighted by Crippen LogP contribution is -2.00. The molecule has 0 unspecified atom stereocenters. The molecule has 3 nitrogen and oxygen atoms in total. The van der Waals surface area contributed by atoms with Crippen molar-refractivity contribution >= 4 is 12.0 Å². The van der Waals surface area contributed by atoms with Crippen molar-refractivity contribution in [2.24, 2.45) is 0 Å². The summed E-state index contributed by atoms with van der Waals surface area (Å²) >= 11 is 0. The molecule has 0 radical (unpaired) electrons. The number of methoxy groups -OCH3 is 2. The van der Waals surface area contributed by atoms with Crippen LogP contribution in [0.1, 0.15) is 12.5 Å². The van der Waals surface area contributed by atoms with Gasteiger partial charge < -0.3 is 9.47 Å². The summed E-state index contributed by atoms with van der Waals surface area (Å²) in [5.74, 6) is 0.480. The molecule has 1 rings (SSSR count). The van der Waals surface area contributed by atoms with E-state index in [9.17, 15) is 4.79 Å². The van der Waals surface area contributed by atoms with Gasteiger partial charge in [0.2, 0.25) is 0 Å². The van der Waals surface area contributed by atoms with Gasteiger partial charge in [-0.15, -0.1) is 0 Å². The van der Waals surface area contributed by atoms with Crippen molar-refractivity contribution in [3.63, 3.8) is 0 Å². The smallest absolute Gasteiger partial charge is 0.333 e. The van der Waals surface area contributed by atoms with Crippen LogP contribution in [0, 0.1) is 0 Å². The highest BCUT2D eigenvalue weighted by molar-refractivity contribution is 5.92. The summed E-state index contributed by atoms with van der Waals surface area (Å²) in [6.07, 6.45) is 1.77. The Morgan fingerprint density at radius 2 is 1.80 bits per heavy atom. The van der Waals surface area contributed by atoms with E-state index in [1.807, 2.05) is 24.3 Å². The predicted octanol–water partition coefficient (Wildman–Crippen LogP) is 2.27. The van der Waals surface area contributed by atoms with Crippen LogP contribution in [0.4, 0.5) is 0 Å². The average Bonchev–Trinajstić information content (AvgIpc) is 2.29. The summed E-state index contributed by atoms with van der Waals surface area (Å²) in [6.45, 7) is 1.72. The molecule has 0 aliphatic heterocycles. The third-order valence-electron chi connectivity index (χ3n) is 2.01. The first kappa shape index (κ1) is 11.3. The maximum atomic E-state index is 11.1. The number of hydrogen-bond acceptors (Lipinski definition) is 3. The molecule has 0 saturated heterocycles. The molecule has 15 heavy (non-hydrogen) atoms. The third kappa shape index (κ3) is 3.13. The number of carbonyl (C=O) groups is 1. The zero-order chi connectivity index (χ0) is 11.3. The maximum Gasteiger partial charge on any atom is 0.333 e. The van der Waals surface area contributed by atoms with Crippen LogP contribution in [0.15, 0.2) is 29.8 Å². The zero-order valence-corrected chi connectivity index (χ0v) is 9.11. The van der Waals surface area contributed by atoms with Gasteiger partial charge in [-0.2, -0.15) is 0 Å². The van der Waals surface area contributed by atoms with Crippen LogP contribution >= 0.6 is 0 Å². The van der Waals surface area contributed by atoms with Crippen LogP contribution in [0.5, 0.6) is 5.75 Å². The molecule has 0 fully saturated rings. The summed E-state index contributed by atoms with van der Waals surface area (Å²) < 4.78 is 9.63. The van der Waals surface area contributed by atoms with Gasteiger partial charge in [0.05, 0.1) is 14.2 Å². The van der Waals surface area contributed by atoms with Crippen molar-refractivity contribution in [1.29, 1.82) is 0 Å². The summed E-state index contributed by atoms with van der Waals surface area (Å²) in [6, 6.07) is 7.45. The van der Waals surface area contributed by atoms with Crippen molar-refractivity contribution in [3.05, 3.63) is 35.4 Å². The highest BCUT2D eigenvalue weighted by atomic mass is 16.5. The SMILES string of the molecule is COC(=O)/C(C)=C\c1ccc(OC)cc1. The van der Waals surface area contributed by atoms with Gasteiger partial charge in [-0.05, 0) is 30.7 Å². The fraction of sp³-hybridized carbons (Fsp3) is 0.250. The van der Waals surface area contributed by atoms with E-state index in [1.54, 1.807) is 20.1 Å². The van der Waals surface area contributed by atoms with E-state index in [2.05, 4.69) is 4.74 Å². The van der Waals surface area contributed by atoms with E-state index >= 15 is 0 Å². The fourth-order valence-corrected chi connectivity index (χ4v) is 1.17. The van der Waals surface area contributed by atoms with Crippen molar-refractivity contribution in [1.82, 2.24) is 0 Å². The number of ether oxygens (including phenoxy) is 2. The number of esters is 1. The molecule has 0 aliphatic carbocycles. The molecule has 0 spiro atoms. The van der Waals surface area contributed by atoms with Gasteiger partial charge in [0, 0.05) is 5.57 Å². The van der Waals surface area contributed by atoms with Crippen LogP contribution in [0.25, 0.3) is 6.08 Å². The normalized spacial score (nSPS) is 11.0. The second-order valence-corrected chi connectivity index (χ2v) is 3.09. The predicted molar refractivity (Wildman–Crippen MR) is 58.7 cm³/mol. The zero-order valence-electron chi connectivity index (χ0n) is 9.11. The van der Waals surface area contributed by atoms with Gasteiger partial charge in [0.25, 0.3) is 0 Å². The molecule has 80 valence electrons. The van der Waals surface area contributed by atoms with Crippen LogP contribution in [-0.4, -0.2) is 20.2 Å². The lowest BCUT2D eigenvalue weighted by atomic mass is 10.1. The first-order chi connectivity index (χ1) is 7.17. The third-order valence-corrected chi connectivity index (χ3v) is 2.01. The Labute approximate surface area is 89.3 Å². The van der Waals surface area contributed by atoms with Crippen molar-refractivity contribution in [3.8, 4) is 5.75 Å². The van der Waals surface area contributed by atoms with Crippen LogP contribution in [0.3, 0.4) is 0 Å². The Bertz CT molecular complexity index is 363. The lowest BCUT2D eigenvalue weighted by Gasteiger charge is -2.01. The Kier molecular flexibility index (Phi) is 3.92. The van der Waals surface area contributed by atoms with E-state index in [0.29, 0.717) is 5.57 Å². The number of hydrogen-bond donors (Lipinski definition) is 0. The standard InChI is InChI=1S/C12H14O3/c1-9(12(13)15-3)8-10-4-6-11(14-2)7-5-10/h4-8H,1-3H3/b9-8-. The van der Waals surface area contributed by atoms with E-state index < -0.39 is 0 Å². The first-order valence-corrected chi connectivity index (χ1v) is 4.58.